The Kier molecular flexibility index (Phi) is 4.06. The van der Waals surface area contributed by atoms with Crippen molar-refractivity contribution in [2.75, 3.05) is 13.7 Å². The second kappa shape index (κ2) is 6.02. The predicted molar refractivity (Wildman–Crippen MR) is 90.4 cm³/mol. The van der Waals surface area contributed by atoms with Gasteiger partial charge in [-0.3, -0.25) is 4.79 Å². The molecule has 6 nitrogen and oxygen atoms in total. The molecule has 0 spiro atoms. The number of esters is 1. The number of aromatic nitrogens is 1. The molecule has 0 amide bonds. The number of methoxy groups -OCH3 is 1. The van der Waals surface area contributed by atoms with Crippen LogP contribution in [-0.2, 0) is 4.74 Å². The van der Waals surface area contributed by atoms with E-state index in [1.54, 1.807) is 6.07 Å². The highest BCUT2D eigenvalue weighted by Crippen LogP contribution is 2.41. The third kappa shape index (κ3) is 2.80. The molecule has 0 radical (unpaired) electrons. The average Bonchev–Trinajstić information content (AvgIpc) is 2.90. The maximum Gasteiger partial charge on any atom is 0.351 e. The Hall–Kier alpha value is -2.38. The molecule has 0 aliphatic rings. The predicted octanol–water partition coefficient (Wildman–Crippen LogP) is 2.26. The lowest BCUT2D eigenvalue weighted by molar-refractivity contribution is 0.0602. The molecule has 0 aliphatic heterocycles. The number of fused-ring (bicyclic) bond motifs is 3. The number of carbonyl (C=O) groups is 1. The van der Waals surface area contributed by atoms with E-state index >= 15 is 0 Å². The van der Waals surface area contributed by atoms with E-state index in [0.29, 0.717) is 16.1 Å². The minimum atomic E-state index is -0.455. The lowest BCUT2D eigenvalue weighted by Gasteiger charge is -2.10. The van der Waals surface area contributed by atoms with E-state index in [1.165, 1.54) is 24.5 Å². The van der Waals surface area contributed by atoms with E-state index in [4.69, 9.17) is 15.2 Å². The number of benzene rings is 1. The Balaban J connectivity index is 2.31. The number of ether oxygens (including phenoxy) is 2. The quantitative estimate of drug-likeness (QED) is 0.715. The summed E-state index contributed by atoms with van der Waals surface area (Å²) >= 11 is 1.29. The van der Waals surface area contributed by atoms with E-state index in [1.807, 2.05) is 19.1 Å². The van der Waals surface area contributed by atoms with Crippen LogP contribution in [0.15, 0.2) is 29.1 Å². The van der Waals surface area contributed by atoms with Gasteiger partial charge in [0.1, 0.15) is 6.61 Å². The summed E-state index contributed by atoms with van der Waals surface area (Å²) in [5.41, 5.74) is 6.26. The molecule has 3 N–H and O–H groups in total. The third-order valence-electron chi connectivity index (χ3n) is 3.37. The van der Waals surface area contributed by atoms with Gasteiger partial charge in [-0.05, 0) is 25.1 Å². The zero-order valence-electron chi connectivity index (χ0n) is 12.7. The van der Waals surface area contributed by atoms with Crippen molar-refractivity contribution in [1.82, 2.24) is 4.98 Å². The van der Waals surface area contributed by atoms with Crippen LogP contribution in [-0.4, -0.2) is 30.7 Å². The maximum atomic E-state index is 12.1. The van der Waals surface area contributed by atoms with Crippen molar-refractivity contribution in [2.24, 2.45) is 5.73 Å². The Labute approximate surface area is 135 Å². The lowest BCUT2D eigenvalue weighted by Crippen LogP contribution is -2.24. The zero-order chi connectivity index (χ0) is 16.6. The van der Waals surface area contributed by atoms with Crippen molar-refractivity contribution in [2.45, 2.75) is 13.0 Å². The zero-order valence-corrected chi connectivity index (χ0v) is 13.5. The number of thiophene rings is 1. The Morgan fingerprint density at radius 2 is 2.13 bits per heavy atom. The standard InChI is InChI=1S/C16H16N2O4S/c1-8(17)7-22-14-13-9-3-6-12(19)18-10(9)4-5-11(13)23-15(14)16(20)21-2/h3-6,8H,7,17H2,1-2H3,(H,18,19)/t8-/m1/s1. The van der Waals surface area contributed by atoms with Crippen LogP contribution in [0.1, 0.15) is 16.6 Å². The second-order valence-corrected chi connectivity index (χ2v) is 6.31. The van der Waals surface area contributed by atoms with Gasteiger partial charge in [-0.25, -0.2) is 4.79 Å². The second-order valence-electron chi connectivity index (χ2n) is 5.26. The highest BCUT2D eigenvalue weighted by molar-refractivity contribution is 7.21. The first-order valence-electron chi connectivity index (χ1n) is 7.06. The molecule has 0 unspecified atom stereocenters. The molecule has 1 atom stereocenters. The molecular weight excluding hydrogens is 316 g/mol. The van der Waals surface area contributed by atoms with Crippen LogP contribution in [0, 0.1) is 0 Å². The molecule has 0 saturated heterocycles. The lowest BCUT2D eigenvalue weighted by atomic mass is 10.1. The van der Waals surface area contributed by atoms with Crippen molar-refractivity contribution in [3.05, 3.63) is 39.5 Å². The molecule has 0 saturated carbocycles. The first-order valence-corrected chi connectivity index (χ1v) is 7.88. The van der Waals surface area contributed by atoms with Gasteiger partial charge in [0.25, 0.3) is 0 Å². The van der Waals surface area contributed by atoms with Gasteiger partial charge in [-0.1, -0.05) is 0 Å². The van der Waals surface area contributed by atoms with Crippen LogP contribution >= 0.6 is 11.3 Å². The minimum absolute atomic E-state index is 0.176. The van der Waals surface area contributed by atoms with Crippen molar-refractivity contribution < 1.29 is 14.3 Å². The summed E-state index contributed by atoms with van der Waals surface area (Å²) in [6, 6.07) is 6.66. The summed E-state index contributed by atoms with van der Waals surface area (Å²) in [5, 5.41) is 1.60. The Morgan fingerprint density at radius 1 is 1.35 bits per heavy atom. The van der Waals surface area contributed by atoms with E-state index in [0.717, 1.165) is 15.5 Å². The smallest absolute Gasteiger partial charge is 0.351 e. The molecule has 2 heterocycles. The summed E-state index contributed by atoms with van der Waals surface area (Å²) in [5.74, 6) is -0.00440. The van der Waals surface area contributed by atoms with Crippen LogP contribution in [0.5, 0.6) is 5.75 Å². The van der Waals surface area contributed by atoms with Gasteiger partial charge in [-0.2, -0.15) is 0 Å². The van der Waals surface area contributed by atoms with Gasteiger partial charge in [0.15, 0.2) is 10.6 Å². The molecule has 3 rings (SSSR count). The van der Waals surface area contributed by atoms with Crippen molar-refractivity contribution >= 4 is 38.3 Å². The largest absolute Gasteiger partial charge is 0.490 e. The molecule has 120 valence electrons. The first-order chi connectivity index (χ1) is 11.0. The summed E-state index contributed by atoms with van der Waals surface area (Å²) in [6.07, 6.45) is 0. The number of nitrogens with two attached hydrogens (primary N) is 1. The first kappa shape index (κ1) is 15.5. The SMILES string of the molecule is COC(=O)c1sc2ccc3[nH]c(=O)ccc3c2c1OC[C@@H](C)N. The molecule has 0 fully saturated rings. The number of rotatable bonds is 4. The van der Waals surface area contributed by atoms with Gasteiger partial charge >= 0.3 is 5.97 Å². The normalized spacial score (nSPS) is 12.5. The third-order valence-corrected chi connectivity index (χ3v) is 4.49. The summed E-state index contributed by atoms with van der Waals surface area (Å²) < 4.78 is 11.5. The average molecular weight is 332 g/mol. The maximum absolute atomic E-state index is 12.1. The van der Waals surface area contributed by atoms with Crippen LogP contribution in [0.25, 0.3) is 21.0 Å². The number of nitrogens with one attached hydrogen (secondary N) is 1. The number of aromatic amines is 1. The molecule has 1 aromatic carbocycles. The number of carbonyl (C=O) groups excluding carboxylic acids is 1. The van der Waals surface area contributed by atoms with E-state index in [9.17, 15) is 9.59 Å². The monoisotopic (exact) mass is 332 g/mol. The fraction of sp³-hybridized carbons (Fsp3) is 0.250. The molecule has 3 aromatic rings. The van der Waals surface area contributed by atoms with Gasteiger partial charge in [0.05, 0.1) is 7.11 Å². The topological polar surface area (TPSA) is 94.4 Å². The van der Waals surface area contributed by atoms with Crippen LogP contribution in [0.3, 0.4) is 0 Å². The Morgan fingerprint density at radius 3 is 2.83 bits per heavy atom. The van der Waals surface area contributed by atoms with Crippen molar-refractivity contribution in [3.63, 3.8) is 0 Å². The summed E-state index contributed by atoms with van der Waals surface area (Å²) in [4.78, 5) is 26.7. The Bertz CT molecular complexity index is 942. The number of hydrogen-bond donors (Lipinski definition) is 2. The summed E-state index contributed by atoms with van der Waals surface area (Å²) in [7, 11) is 1.33. The van der Waals surface area contributed by atoms with E-state index in [-0.39, 0.29) is 18.2 Å². The fourth-order valence-electron chi connectivity index (χ4n) is 2.38. The van der Waals surface area contributed by atoms with Crippen LogP contribution in [0.4, 0.5) is 0 Å². The minimum Gasteiger partial charge on any atom is -0.490 e. The number of H-pyrrole nitrogens is 1. The van der Waals surface area contributed by atoms with Gasteiger partial charge in [0, 0.05) is 33.1 Å². The highest BCUT2D eigenvalue weighted by atomic mass is 32.1. The van der Waals surface area contributed by atoms with Gasteiger partial charge in [-0.15, -0.1) is 11.3 Å². The van der Waals surface area contributed by atoms with E-state index in [2.05, 4.69) is 4.98 Å². The highest BCUT2D eigenvalue weighted by Gasteiger charge is 2.22. The molecule has 23 heavy (non-hydrogen) atoms. The van der Waals surface area contributed by atoms with E-state index < -0.39 is 5.97 Å². The van der Waals surface area contributed by atoms with Crippen LogP contribution < -0.4 is 16.0 Å². The number of pyridine rings is 1. The summed E-state index contributed by atoms with van der Waals surface area (Å²) in [6.45, 7) is 2.09. The fourth-order valence-corrected chi connectivity index (χ4v) is 3.46. The molecule has 0 bridgehead atoms. The van der Waals surface area contributed by atoms with Crippen molar-refractivity contribution in [3.8, 4) is 5.75 Å². The number of hydrogen-bond acceptors (Lipinski definition) is 6. The van der Waals surface area contributed by atoms with Crippen molar-refractivity contribution in [1.29, 1.82) is 0 Å². The van der Waals surface area contributed by atoms with Crippen LogP contribution in [0.2, 0.25) is 0 Å². The molecule has 0 aliphatic carbocycles. The molecule has 2 aromatic heterocycles. The van der Waals surface area contributed by atoms with Gasteiger partial charge < -0.3 is 20.2 Å². The molecule has 7 heteroatoms. The van der Waals surface area contributed by atoms with Gasteiger partial charge in [0.2, 0.25) is 5.56 Å². The molecular formula is C16H16N2O4S.